The molecular weight excluding hydrogens is 337 g/mol. The number of nitrogens with zero attached hydrogens (tertiary/aromatic N) is 1. The Labute approximate surface area is 160 Å². The number of aromatic hydroxyl groups is 1. The number of hydrogen-bond acceptors (Lipinski definition) is 2. The lowest BCUT2D eigenvalue weighted by atomic mass is 9.80. The number of phenols is 1. The zero-order chi connectivity index (χ0) is 19.7. The van der Waals surface area contributed by atoms with Crippen molar-refractivity contribution in [2.45, 2.75) is 59.3 Å². The van der Waals surface area contributed by atoms with E-state index in [0.717, 1.165) is 16.4 Å². The Morgan fingerprint density at radius 2 is 1.58 bits per heavy atom. The van der Waals surface area contributed by atoms with Gasteiger partial charge >= 0.3 is 0 Å². The lowest BCUT2D eigenvalue weighted by molar-refractivity contribution is 0.449. The number of phenolic OH excluding ortho intramolecular Hbond substituents is 1. The van der Waals surface area contributed by atoms with E-state index in [0.29, 0.717) is 14.3 Å². The molecule has 0 heterocycles. The van der Waals surface area contributed by atoms with Crippen LogP contribution in [0.25, 0.3) is 0 Å². The second-order valence-corrected chi connectivity index (χ2v) is 10.4. The minimum atomic E-state index is -0.106. The van der Waals surface area contributed by atoms with E-state index in [9.17, 15) is 5.11 Å². The van der Waals surface area contributed by atoms with Crippen molar-refractivity contribution in [2.75, 3.05) is 7.05 Å². The Balaban J connectivity index is 2.63. The summed E-state index contributed by atoms with van der Waals surface area (Å²) in [6.45, 7) is 15.2. The van der Waals surface area contributed by atoms with Crippen LogP contribution in [-0.4, -0.2) is 18.4 Å². The summed E-state index contributed by atoms with van der Waals surface area (Å²) in [5, 5.41) is 13.2. The van der Waals surface area contributed by atoms with E-state index >= 15 is 0 Å². The summed E-state index contributed by atoms with van der Waals surface area (Å²) >= 11 is 0. The SMILES string of the molecule is CN=Cc1cc(C)ccc1Pc1cc(C(C)(C)C)cc(C(C)(C)C)c1O. The van der Waals surface area contributed by atoms with Gasteiger partial charge in [0.2, 0.25) is 0 Å². The molecule has 140 valence electrons. The van der Waals surface area contributed by atoms with Crippen molar-refractivity contribution in [3.8, 4) is 5.75 Å². The predicted molar refractivity (Wildman–Crippen MR) is 118 cm³/mol. The zero-order valence-electron chi connectivity index (χ0n) is 17.4. The smallest absolute Gasteiger partial charge is 0.127 e. The van der Waals surface area contributed by atoms with E-state index in [4.69, 9.17) is 0 Å². The Morgan fingerprint density at radius 1 is 0.923 bits per heavy atom. The van der Waals surface area contributed by atoms with Gasteiger partial charge in [-0.2, -0.15) is 0 Å². The maximum Gasteiger partial charge on any atom is 0.127 e. The highest BCUT2D eigenvalue weighted by atomic mass is 31.1. The van der Waals surface area contributed by atoms with Crippen molar-refractivity contribution in [3.05, 3.63) is 52.6 Å². The molecule has 1 unspecified atom stereocenters. The Morgan fingerprint density at radius 3 is 2.12 bits per heavy atom. The van der Waals surface area contributed by atoms with Crippen LogP contribution in [0.2, 0.25) is 0 Å². The van der Waals surface area contributed by atoms with Gasteiger partial charge in [-0.25, -0.2) is 0 Å². The van der Waals surface area contributed by atoms with Crippen LogP contribution in [0, 0.1) is 6.92 Å². The number of aryl methyl sites for hydroxylation is 1. The molecule has 2 aromatic carbocycles. The summed E-state index contributed by atoms with van der Waals surface area (Å²) in [5.74, 6) is 0.434. The molecule has 2 rings (SSSR count). The van der Waals surface area contributed by atoms with Crippen LogP contribution in [0.5, 0.6) is 5.75 Å². The van der Waals surface area contributed by atoms with Crippen LogP contribution in [0.15, 0.2) is 35.3 Å². The fourth-order valence-electron chi connectivity index (χ4n) is 2.92. The summed E-state index contributed by atoms with van der Waals surface area (Å²) in [6, 6.07) is 10.8. The number of aliphatic imine (C=N–C) groups is 1. The van der Waals surface area contributed by atoms with Crippen LogP contribution in [0.1, 0.15) is 63.8 Å². The van der Waals surface area contributed by atoms with Gasteiger partial charge < -0.3 is 5.11 Å². The fourth-order valence-corrected chi connectivity index (χ4v) is 4.14. The molecule has 2 nitrogen and oxygen atoms in total. The van der Waals surface area contributed by atoms with E-state index in [-0.39, 0.29) is 10.8 Å². The monoisotopic (exact) mass is 369 g/mol. The largest absolute Gasteiger partial charge is 0.507 e. The van der Waals surface area contributed by atoms with Gasteiger partial charge in [0.05, 0.1) is 0 Å². The summed E-state index contributed by atoms with van der Waals surface area (Å²) in [6.07, 6.45) is 1.91. The van der Waals surface area contributed by atoms with Gasteiger partial charge in [-0.3, -0.25) is 4.99 Å². The second kappa shape index (κ2) is 7.53. The highest BCUT2D eigenvalue weighted by Crippen LogP contribution is 2.36. The van der Waals surface area contributed by atoms with E-state index in [2.05, 4.69) is 83.8 Å². The molecule has 0 aliphatic rings. The Kier molecular flexibility index (Phi) is 5.98. The molecule has 1 atom stereocenters. The molecule has 0 aromatic heterocycles. The topological polar surface area (TPSA) is 32.6 Å². The normalized spacial score (nSPS) is 13.2. The zero-order valence-corrected chi connectivity index (χ0v) is 18.4. The predicted octanol–water partition coefficient (Wildman–Crippen LogP) is 4.97. The molecule has 2 aromatic rings. The number of benzene rings is 2. The van der Waals surface area contributed by atoms with Crippen molar-refractivity contribution in [2.24, 2.45) is 4.99 Å². The Hall–Kier alpha value is -1.66. The lowest BCUT2D eigenvalue weighted by Crippen LogP contribution is -2.21. The Bertz CT molecular complexity index is 823. The van der Waals surface area contributed by atoms with Crippen LogP contribution < -0.4 is 10.6 Å². The van der Waals surface area contributed by atoms with Gasteiger partial charge in [-0.1, -0.05) is 73.9 Å². The molecule has 0 bridgehead atoms. The van der Waals surface area contributed by atoms with Crippen molar-refractivity contribution >= 4 is 25.4 Å². The molecule has 0 saturated carbocycles. The van der Waals surface area contributed by atoms with Gasteiger partial charge in [0.1, 0.15) is 5.75 Å². The molecule has 0 aliphatic carbocycles. The maximum atomic E-state index is 11.0. The van der Waals surface area contributed by atoms with Crippen LogP contribution in [0.4, 0.5) is 0 Å². The average molecular weight is 369 g/mol. The lowest BCUT2D eigenvalue weighted by Gasteiger charge is -2.27. The first-order chi connectivity index (χ1) is 11.9. The van der Waals surface area contributed by atoms with Crippen LogP contribution in [0.3, 0.4) is 0 Å². The summed E-state index contributed by atoms with van der Waals surface area (Å²) < 4.78 is 0. The van der Waals surface area contributed by atoms with E-state index in [1.165, 1.54) is 16.4 Å². The highest BCUT2D eigenvalue weighted by Gasteiger charge is 2.25. The third-order valence-corrected chi connectivity index (χ3v) is 5.90. The van der Waals surface area contributed by atoms with Crippen LogP contribution >= 0.6 is 8.58 Å². The van der Waals surface area contributed by atoms with Crippen molar-refractivity contribution in [3.63, 3.8) is 0 Å². The first-order valence-electron chi connectivity index (χ1n) is 9.11. The molecule has 1 N–H and O–H groups in total. The van der Waals surface area contributed by atoms with Crippen molar-refractivity contribution < 1.29 is 5.11 Å². The van der Waals surface area contributed by atoms with E-state index in [1.54, 1.807) is 7.05 Å². The molecule has 0 saturated heterocycles. The fraction of sp³-hybridized carbons (Fsp3) is 0.435. The molecule has 26 heavy (non-hydrogen) atoms. The molecular formula is C23H32NOP. The van der Waals surface area contributed by atoms with Gasteiger partial charge in [0.15, 0.2) is 0 Å². The maximum absolute atomic E-state index is 11.0. The third-order valence-electron chi connectivity index (χ3n) is 4.53. The average Bonchev–Trinajstić information content (AvgIpc) is 2.49. The van der Waals surface area contributed by atoms with Gasteiger partial charge in [-0.15, -0.1) is 0 Å². The van der Waals surface area contributed by atoms with Gasteiger partial charge in [0.25, 0.3) is 0 Å². The first-order valence-corrected chi connectivity index (χ1v) is 10.1. The summed E-state index contributed by atoms with van der Waals surface area (Å²) in [4.78, 5) is 4.20. The van der Waals surface area contributed by atoms with Gasteiger partial charge in [0, 0.05) is 29.7 Å². The van der Waals surface area contributed by atoms with E-state index in [1.807, 2.05) is 6.21 Å². The first kappa shape index (κ1) is 20.6. The molecule has 3 heteroatoms. The summed E-state index contributed by atoms with van der Waals surface area (Å²) in [5.41, 5.74) is 4.56. The third kappa shape index (κ3) is 4.74. The van der Waals surface area contributed by atoms with Crippen molar-refractivity contribution in [1.29, 1.82) is 0 Å². The molecule has 0 aliphatic heterocycles. The number of rotatable bonds is 3. The summed E-state index contributed by atoms with van der Waals surface area (Å²) in [7, 11) is 2.19. The molecule has 0 fully saturated rings. The minimum absolute atomic E-state index is 0.0356. The molecule has 0 radical (unpaired) electrons. The quantitative estimate of drug-likeness (QED) is 0.601. The highest BCUT2D eigenvalue weighted by molar-refractivity contribution is 7.56. The molecule has 0 amide bonds. The van der Waals surface area contributed by atoms with Gasteiger partial charge in [-0.05, 0) is 40.8 Å². The standard InChI is InChI=1S/C23H32NOP/c1-15-9-10-19(16(11-15)14-24-8)26-20-13-17(22(2,3)4)12-18(21(20)25)23(5,6)7/h9-14,25-26H,1-8H3. The second-order valence-electron chi connectivity index (χ2n) is 9.02. The number of hydrogen-bond donors (Lipinski definition) is 1. The van der Waals surface area contributed by atoms with E-state index < -0.39 is 0 Å². The minimum Gasteiger partial charge on any atom is -0.507 e. The molecule has 0 spiro atoms. The van der Waals surface area contributed by atoms with Crippen LogP contribution in [-0.2, 0) is 10.8 Å². The van der Waals surface area contributed by atoms with Crippen molar-refractivity contribution in [1.82, 2.24) is 0 Å².